The van der Waals surface area contributed by atoms with Crippen LogP contribution < -0.4 is 0 Å². The van der Waals surface area contributed by atoms with Crippen LogP contribution in [0.15, 0.2) is 30.3 Å². The van der Waals surface area contributed by atoms with Gasteiger partial charge in [0, 0.05) is 0 Å². The minimum Gasteiger partial charge on any atom is -0.445 e. The zero-order valence-electron chi connectivity index (χ0n) is 9.30. The van der Waals surface area contributed by atoms with Crippen molar-refractivity contribution in [3.8, 4) is 0 Å². The molecule has 1 heterocycles. The minimum atomic E-state index is -1.37. The van der Waals surface area contributed by atoms with Gasteiger partial charge < -0.3 is 14.7 Å². The zero-order chi connectivity index (χ0) is 12.3. The molecule has 0 bridgehead atoms. The summed E-state index contributed by atoms with van der Waals surface area (Å²) in [4.78, 5) is 12.8. The van der Waals surface area contributed by atoms with Crippen LogP contribution in [-0.4, -0.2) is 41.5 Å². The fourth-order valence-corrected chi connectivity index (χ4v) is 1.69. The Morgan fingerprint density at radius 2 is 2.06 bits per heavy atom. The van der Waals surface area contributed by atoms with Crippen LogP contribution in [0.25, 0.3) is 0 Å². The van der Waals surface area contributed by atoms with Crippen LogP contribution in [0, 0.1) is 0 Å². The standard InChI is InChI=1S/C12H14FNO3/c13-7-12(16)8-14(9-12)11(15)17-6-10-4-2-1-3-5-10/h1-5,16H,6-9H2. The summed E-state index contributed by atoms with van der Waals surface area (Å²) in [5.74, 6) is 0. The number of β-amino-alcohol motifs (C(OH)–C–C–N with tert-alkyl or cyclic N) is 1. The molecule has 0 spiro atoms. The van der Waals surface area contributed by atoms with Crippen LogP contribution in [0.3, 0.4) is 0 Å². The summed E-state index contributed by atoms with van der Waals surface area (Å²) in [5, 5.41) is 9.40. The Morgan fingerprint density at radius 3 is 2.65 bits per heavy atom. The molecule has 0 saturated carbocycles. The minimum absolute atomic E-state index is 0.00285. The number of aliphatic hydroxyl groups is 1. The van der Waals surface area contributed by atoms with E-state index in [1.807, 2.05) is 30.3 Å². The number of alkyl halides is 1. The maximum atomic E-state index is 12.3. The van der Waals surface area contributed by atoms with Gasteiger partial charge in [-0.2, -0.15) is 0 Å². The summed E-state index contributed by atoms with van der Waals surface area (Å²) in [6, 6.07) is 9.29. The first-order valence-corrected chi connectivity index (χ1v) is 5.37. The number of ether oxygens (including phenoxy) is 1. The van der Waals surface area contributed by atoms with Crippen molar-refractivity contribution in [1.29, 1.82) is 0 Å². The van der Waals surface area contributed by atoms with E-state index in [1.165, 1.54) is 4.90 Å². The molecule has 1 amide bonds. The number of nitrogens with zero attached hydrogens (tertiary/aromatic N) is 1. The van der Waals surface area contributed by atoms with Crippen LogP contribution in [0.5, 0.6) is 0 Å². The van der Waals surface area contributed by atoms with Gasteiger partial charge in [-0.3, -0.25) is 0 Å². The highest BCUT2D eigenvalue weighted by molar-refractivity contribution is 5.69. The van der Waals surface area contributed by atoms with Crippen molar-refractivity contribution in [2.45, 2.75) is 12.2 Å². The Morgan fingerprint density at radius 1 is 1.41 bits per heavy atom. The molecule has 0 unspecified atom stereocenters. The van der Waals surface area contributed by atoms with Crippen LogP contribution >= 0.6 is 0 Å². The lowest BCUT2D eigenvalue weighted by Crippen LogP contribution is -2.64. The Kier molecular flexibility index (Phi) is 3.28. The molecule has 1 aliphatic rings. The molecule has 1 aliphatic heterocycles. The number of carbonyl (C=O) groups is 1. The number of halogens is 1. The molecule has 1 saturated heterocycles. The SMILES string of the molecule is O=C(OCc1ccccc1)N1CC(O)(CF)C1. The van der Waals surface area contributed by atoms with E-state index in [4.69, 9.17) is 4.74 Å². The van der Waals surface area contributed by atoms with E-state index in [0.29, 0.717) is 0 Å². The number of amides is 1. The molecule has 17 heavy (non-hydrogen) atoms. The molecule has 1 fully saturated rings. The van der Waals surface area contributed by atoms with E-state index in [1.54, 1.807) is 0 Å². The van der Waals surface area contributed by atoms with Crippen molar-refractivity contribution in [2.75, 3.05) is 19.8 Å². The second-order valence-corrected chi connectivity index (χ2v) is 4.25. The molecule has 0 atom stereocenters. The number of likely N-dealkylation sites (tertiary alicyclic amines) is 1. The molecule has 0 radical (unpaired) electrons. The van der Waals surface area contributed by atoms with Gasteiger partial charge in [-0.25, -0.2) is 9.18 Å². The van der Waals surface area contributed by atoms with Crippen molar-refractivity contribution < 1.29 is 19.0 Å². The molecular formula is C12H14FNO3. The molecule has 0 aromatic heterocycles. The fraction of sp³-hybridized carbons (Fsp3) is 0.417. The van der Waals surface area contributed by atoms with E-state index < -0.39 is 18.4 Å². The third-order valence-corrected chi connectivity index (χ3v) is 2.68. The van der Waals surface area contributed by atoms with E-state index in [9.17, 15) is 14.3 Å². The maximum Gasteiger partial charge on any atom is 0.410 e. The number of carbonyl (C=O) groups excluding carboxylic acids is 1. The largest absolute Gasteiger partial charge is 0.445 e. The van der Waals surface area contributed by atoms with Crippen LogP contribution in [0.1, 0.15) is 5.56 Å². The topological polar surface area (TPSA) is 49.8 Å². The first-order chi connectivity index (χ1) is 8.13. The molecule has 2 rings (SSSR count). The summed E-state index contributed by atoms with van der Waals surface area (Å²) >= 11 is 0. The van der Waals surface area contributed by atoms with Crippen LogP contribution in [0.4, 0.5) is 9.18 Å². The zero-order valence-corrected chi connectivity index (χ0v) is 9.30. The summed E-state index contributed by atoms with van der Waals surface area (Å²) in [6.07, 6.45) is -0.521. The predicted molar refractivity (Wildman–Crippen MR) is 59.1 cm³/mol. The smallest absolute Gasteiger partial charge is 0.410 e. The fourth-order valence-electron chi connectivity index (χ4n) is 1.69. The molecule has 0 aliphatic carbocycles. The first kappa shape index (κ1) is 11.9. The number of benzene rings is 1. The highest BCUT2D eigenvalue weighted by Crippen LogP contribution is 2.22. The molecule has 1 N–H and O–H groups in total. The molecule has 92 valence electrons. The summed E-state index contributed by atoms with van der Waals surface area (Å²) in [7, 11) is 0. The summed E-state index contributed by atoms with van der Waals surface area (Å²) < 4.78 is 17.3. The Bertz CT molecular complexity index is 390. The third-order valence-electron chi connectivity index (χ3n) is 2.68. The summed E-state index contributed by atoms with van der Waals surface area (Å²) in [6.45, 7) is -0.659. The van der Waals surface area contributed by atoms with Crippen LogP contribution in [-0.2, 0) is 11.3 Å². The predicted octanol–water partition coefficient (Wildman–Crippen LogP) is 1.34. The number of hydrogen-bond donors (Lipinski definition) is 1. The third kappa shape index (κ3) is 2.74. The molecule has 4 nitrogen and oxygen atoms in total. The van der Waals surface area contributed by atoms with Gasteiger partial charge in [-0.05, 0) is 5.56 Å². The molecule has 1 aromatic carbocycles. The monoisotopic (exact) mass is 239 g/mol. The van der Waals surface area contributed by atoms with Gasteiger partial charge in [0.25, 0.3) is 0 Å². The van der Waals surface area contributed by atoms with Gasteiger partial charge in [-0.15, -0.1) is 0 Å². The van der Waals surface area contributed by atoms with Crippen molar-refractivity contribution in [2.24, 2.45) is 0 Å². The van der Waals surface area contributed by atoms with E-state index >= 15 is 0 Å². The van der Waals surface area contributed by atoms with Gasteiger partial charge in [0.15, 0.2) is 0 Å². The van der Waals surface area contributed by atoms with E-state index in [2.05, 4.69) is 0 Å². The lowest BCUT2D eigenvalue weighted by molar-refractivity contribution is -0.101. The quantitative estimate of drug-likeness (QED) is 0.866. The maximum absolute atomic E-state index is 12.3. The Balaban J connectivity index is 1.76. The van der Waals surface area contributed by atoms with Gasteiger partial charge in [0.1, 0.15) is 18.9 Å². The highest BCUT2D eigenvalue weighted by Gasteiger charge is 2.44. The highest BCUT2D eigenvalue weighted by atomic mass is 19.1. The second-order valence-electron chi connectivity index (χ2n) is 4.25. The molecule has 1 aromatic rings. The van der Waals surface area contributed by atoms with Crippen molar-refractivity contribution >= 4 is 6.09 Å². The second kappa shape index (κ2) is 4.71. The van der Waals surface area contributed by atoms with Gasteiger partial charge in [0.2, 0.25) is 0 Å². The van der Waals surface area contributed by atoms with Gasteiger partial charge >= 0.3 is 6.09 Å². The van der Waals surface area contributed by atoms with E-state index in [-0.39, 0.29) is 19.7 Å². The van der Waals surface area contributed by atoms with Gasteiger partial charge in [0.05, 0.1) is 13.1 Å². The lowest BCUT2D eigenvalue weighted by atomic mass is 9.97. The van der Waals surface area contributed by atoms with E-state index in [0.717, 1.165) is 5.56 Å². The first-order valence-electron chi connectivity index (χ1n) is 5.37. The molecular weight excluding hydrogens is 225 g/mol. The molecule has 5 heteroatoms. The summed E-state index contributed by atoms with van der Waals surface area (Å²) in [5.41, 5.74) is -0.478. The number of hydrogen-bond acceptors (Lipinski definition) is 3. The lowest BCUT2D eigenvalue weighted by Gasteiger charge is -2.43. The van der Waals surface area contributed by atoms with Crippen molar-refractivity contribution in [3.05, 3.63) is 35.9 Å². The van der Waals surface area contributed by atoms with Crippen molar-refractivity contribution in [1.82, 2.24) is 4.90 Å². The Hall–Kier alpha value is -1.62. The van der Waals surface area contributed by atoms with Crippen molar-refractivity contribution in [3.63, 3.8) is 0 Å². The van der Waals surface area contributed by atoms with Crippen LogP contribution in [0.2, 0.25) is 0 Å². The Labute approximate surface area is 98.6 Å². The normalized spacial score (nSPS) is 17.4. The average molecular weight is 239 g/mol. The average Bonchev–Trinajstić information content (AvgIpc) is 2.33. The van der Waals surface area contributed by atoms with Gasteiger partial charge in [-0.1, -0.05) is 30.3 Å². The number of rotatable bonds is 3.